The Bertz CT molecular complexity index is 1210. The summed E-state index contributed by atoms with van der Waals surface area (Å²) in [5.74, 6) is 5.69. The van der Waals surface area contributed by atoms with Crippen molar-refractivity contribution in [3.8, 4) is 5.75 Å². The smallest absolute Gasteiger partial charge is 0.321 e. The van der Waals surface area contributed by atoms with E-state index in [9.17, 15) is 10.1 Å². The lowest BCUT2D eigenvalue weighted by atomic mass is 9.47. The van der Waals surface area contributed by atoms with Gasteiger partial charge in [-0.15, -0.1) is 0 Å². The van der Waals surface area contributed by atoms with Crippen molar-refractivity contribution in [1.82, 2.24) is 4.67 Å². The molecule has 1 aromatic rings. The second-order valence-corrected chi connectivity index (χ2v) is 18.2. The van der Waals surface area contributed by atoms with Crippen LogP contribution < -0.4 is 4.52 Å². The zero-order valence-electron chi connectivity index (χ0n) is 30.3. The van der Waals surface area contributed by atoms with Crippen LogP contribution in [0.15, 0.2) is 35.9 Å². The third kappa shape index (κ3) is 7.25. The first-order chi connectivity index (χ1) is 21.7. The fourth-order valence-electron chi connectivity index (χ4n) is 10.7. The zero-order valence-corrected chi connectivity index (χ0v) is 31.2. The van der Waals surface area contributed by atoms with Crippen LogP contribution in [0.1, 0.15) is 133 Å². The molecule has 9 atom stereocenters. The summed E-state index contributed by atoms with van der Waals surface area (Å²) in [6, 6.07) is 6.93. The molecular formula is C39H63N2O4P. The highest BCUT2D eigenvalue weighted by atomic mass is 31.2. The second kappa shape index (κ2) is 14.6. The van der Waals surface area contributed by atoms with Crippen LogP contribution in [0.4, 0.5) is 5.69 Å². The van der Waals surface area contributed by atoms with Crippen LogP contribution in [0.25, 0.3) is 0 Å². The molecule has 258 valence electrons. The molecule has 6 nitrogen and oxygen atoms in total. The summed E-state index contributed by atoms with van der Waals surface area (Å²) < 4.78 is 15.8. The average molecular weight is 655 g/mol. The Morgan fingerprint density at radius 1 is 0.935 bits per heavy atom. The van der Waals surface area contributed by atoms with Crippen molar-refractivity contribution < 1.29 is 14.0 Å². The Labute approximate surface area is 281 Å². The summed E-state index contributed by atoms with van der Waals surface area (Å²) in [5.41, 5.74) is 2.51. The van der Waals surface area contributed by atoms with E-state index in [1.165, 1.54) is 69.9 Å². The largest absolute Gasteiger partial charge is 0.436 e. The van der Waals surface area contributed by atoms with E-state index >= 15 is 0 Å². The van der Waals surface area contributed by atoms with Crippen molar-refractivity contribution in [2.24, 2.45) is 46.3 Å². The number of allylic oxidation sites excluding steroid dienone is 1. The molecule has 4 aliphatic carbocycles. The van der Waals surface area contributed by atoms with E-state index in [0.717, 1.165) is 48.3 Å². The van der Waals surface area contributed by atoms with Gasteiger partial charge in [0.15, 0.2) is 0 Å². The molecule has 0 radical (unpaired) electrons. The van der Waals surface area contributed by atoms with Gasteiger partial charge in [0, 0.05) is 24.2 Å². The normalized spacial score (nSPS) is 33.8. The monoisotopic (exact) mass is 654 g/mol. The average Bonchev–Trinajstić information content (AvgIpc) is 3.34. The number of fused-ring (bicyclic) bond motifs is 5. The molecule has 1 aromatic carbocycles. The molecule has 0 bridgehead atoms. The van der Waals surface area contributed by atoms with Gasteiger partial charge in [-0.25, -0.2) is 4.67 Å². The van der Waals surface area contributed by atoms with E-state index < -0.39 is 8.53 Å². The third-order valence-corrected chi connectivity index (χ3v) is 15.1. The maximum absolute atomic E-state index is 11.2. The Hall–Kier alpha value is -1.49. The van der Waals surface area contributed by atoms with Gasteiger partial charge in [0.25, 0.3) is 5.69 Å². The van der Waals surface area contributed by atoms with Crippen molar-refractivity contribution in [2.75, 3.05) is 0 Å². The van der Waals surface area contributed by atoms with Crippen LogP contribution >= 0.6 is 8.53 Å². The minimum absolute atomic E-state index is 0.0728. The molecule has 3 saturated carbocycles. The molecule has 0 amide bonds. The van der Waals surface area contributed by atoms with Crippen molar-refractivity contribution in [2.45, 2.75) is 151 Å². The fourth-order valence-corrected chi connectivity index (χ4v) is 12.4. The number of hydrogen-bond acceptors (Lipinski definition) is 5. The molecule has 1 unspecified atom stereocenters. The Morgan fingerprint density at radius 3 is 2.26 bits per heavy atom. The van der Waals surface area contributed by atoms with Crippen LogP contribution in [-0.4, -0.2) is 27.8 Å². The van der Waals surface area contributed by atoms with Gasteiger partial charge >= 0.3 is 8.53 Å². The third-order valence-electron chi connectivity index (χ3n) is 13.0. The zero-order chi connectivity index (χ0) is 33.4. The lowest BCUT2D eigenvalue weighted by Gasteiger charge is -2.58. The molecule has 4 aliphatic rings. The minimum atomic E-state index is -1.38. The van der Waals surface area contributed by atoms with Gasteiger partial charge < -0.3 is 9.05 Å². The number of nitro benzene ring substituents is 1. The van der Waals surface area contributed by atoms with Gasteiger partial charge in [0.1, 0.15) is 5.75 Å². The molecular weight excluding hydrogens is 591 g/mol. The molecule has 0 N–H and O–H groups in total. The topological polar surface area (TPSA) is 64.8 Å². The van der Waals surface area contributed by atoms with Crippen molar-refractivity contribution in [1.29, 1.82) is 0 Å². The summed E-state index contributed by atoms with van der Waals surface area (Å²) in [7, 11) is -1.38. The molecule has 46 heavy (non-hydrogen) atoms. The van der Waals surface area contributed by atoms with Crippen molar-refractivity contribution >= 4 is 14.2 Å². The molecule has 7 heteroatoms. The molecule has 0 heterocycles. The second-order valence-electron chi connectivity index (χ2n) is 16.9. The standard InChI is InChI=1S/C39H63N2O4P/c1-26(2)11-10-12-29(7)35-19-20-36-34-18-13-30-25-33(21-23-38(30,8)37(34)22-24-39(35,36)9)45-46(40(27(3)4)28(5)6)44-32-16-14-31(15-17-32)41(42)43/h13-17,26-29,33-37H,10-12,18-25H2,1-9H3/t29-,33+,34+,35-,36+,37+,38+,39-,46?/m1/s1. The maximum Gasteiger partial charge on any atom is 0.321 e. The molecule has 5 rings (SSSR count). The van der Waals surface area contributed by atoms with Crippen molar-refractivity contribution in [3.63, 3.8) is 0 Å². The first kappa shape index (κ1) is 35.8. The molecule has 0 saturated heterocycles. The summed E-state index contributed by atoms with van der Waals surface area (Å²) >= 11 is 0. The highest BCUT2D eigenvalue weighted by Gasteiger charge is 2.59. The van der Waals surface area contributed by atoms with Crippen LogP contribution in [0.3, 0.4) is 0 Å². The predicted molar refractivity (Wildman–Crippen MR) is 191 cm³/mol. The Kier molecular flexibility index (Phi) is 11.3. The van der Waals surface area contributed by atoms with E-state index in [-0.39, 0.29) is 34.2 Å². The lowest BCUT2D eigenvalue weighted by molar-refractivity contribution is -0.384. The number of hydrogen-bond donors (Lipinski definition) is 0. The number of nitro groups is 1. The van der Waals surface area contributed by atoms with Crippen molar-refractivity contribution in [3.05, 3.63) is 46.0 Å². The van der Waals surface area contributed by atoms with E-state index in [4.69, 9.17) is 9.05 Å². The number of nitrogens with zero attached hydrogens (tertiary/aromatic N) is 2. The molecule has 0 aromatic heterocycles. The van der Waals surface area contributed by atoms with E-state index in [0.29, 0.717) is 11.2 Å². The number of non-ortho nitro benzene ring substituents is 1. The first-order valence-corrected chi connectivity index (χ1v) is 19.7. The molecule has 0 spiro atoms. The minimum Gasteiger partial charge on any atom is -0.436 e. The van der Waals surface area contributed by atoms with Gasteiger partial charge in [-0.1, -0.05) is 65.5 Å². The predicted octanol–water partition coefficient (Wildman–Crippen LogP) is 11.7. The summed E-state index contributed by atoms with van der Waals surface area (Å²) in [5, 5.41) is 11.2. The highest BCUT2D eigenvalue weighted by molar-refractivity contribution is 7.45. The van der Waals surface area contributed by atoms with E-state index in [1.54, 1.807) is 17.7 Å². The van der Waals surface area contributed by atoms with Gasteiger partial charge in [-0.2, -0.15) is 0 Å². The van der Waals surface area contributed by atoms with Gasteiger partial charge in [-0.3, -0.25) is 10.1 Å². The summed E-state index contributed by atoms with van der Waals surface area (Å²) in [6.45, 7) is 21.4. The van der Waals surface area contributed by atoms with Gasteiger partial charge in [0.2, 0.25) is 0 Å². The van der Waals surface area contributed by atoms with E-state index in [1.807, 2.05) is 0 Å². The quantitative estimate of drug-likeness (QED) is 0.0916. The highest BCUT2D eigenvalue weighted by Crippen LogP contribution is 2.67. The molecule has 3 fully saturated rings. The summed E-state index contributed by atoms with van der Waals surface area (Å²) in [6.07, 6.45) is 17.1. The Balaban J connectivity index is 1.28. The molecule has 0 aliphatic heterocycles. The Morgan fingerprint density at radius 2 is 1.63 bits per heavy atom. The summed E-state index contributed by atoms with van der Waals surface area (Å²) in [4.78, 5) is 10.8. The fraction of sp³-hybridized carbons (Fsp3) is 0.795. The van der Waals surface area contributed by atoms with Gasteiger partial charge in [0.05, 0.1) is 11.0 Å². The lowest BCUT2D eigenvalue weighted by Crippen LogP contribution is -2.51. The van der Waals surface area contributed by atoms with Crippen LogP contribution in [0.2, 0.25) is 0 Å². The maximum atomic E-state index is 11.2. The van der Waals surface area contributed by atoms with Crippen LogP contribution in [0.5, 0.6) is 5.75 Å². The van der Waals surface area contributed by atoms with E-state index in [2.05, 4.69) is 73.1 Å². The number of rotatable bonds is 13. The van der Waals surface area contributed by atoms with Gasteiger partial charge in [-0.05, 0) is 138 Å². The first-order valence-electron chi connectivity index (χ1n) is 18.6. The van der Waals surface area contributed by atoms with Crippen LogP contribution in [0, 0.1) is 56.5 Å². The number of benzene rings is 1. The van der Waals surface area contributed by atoms with Crippen LogP contribution in [-0.2, 0) is 4.52 Å². The SMILES string of the molecule is CC(C)CCC[C@@H](C)[C@H]1CC[C@H]2[C@@H]3CC=C4C[C@@H](OP(Oc5ccc([N+](=O)[O-])cc5)N(C(C)C)C(C)C)CC[C@]4(C)[C@H]3CC[C@]12C.